The smallest absolute Gasteiger partial charge is 0.164 e. The molecule has 0 amide bonds. The van der Waals surface area contributed by atoms with Gasteiger partial charge in [0.15, 0.2) is 40.5 Å². The molecule has 0 saturated carbocycles. The van der Waals surface area contributed by atoms with Gasteiger partial charge in [-0.1, -0.05) is 121 Å². The molecule has 0 atom stereocenters. The number of benzene rings is 8. The maximum Gasteiger partial charge on any atom is 0.164 e. The second-order valence-electron chi connectivity index (χ2n) is 14.5. The molecular weight excluding hydrogens is 715 g/mol. The van der Waals surface area contributed by atoms with Gasteiger partial charge < -0.3 is 14.0 Å². The summed E-state index contributed by atoms with van der Waals surface area (Å²) in [6.07, 6.45) is 0. The number of para-hydroxylation sites is 5. The van der Waals surface area contributed by atoms with Crippen LogP contribution in [0.2, 0.25) is 0 Å². The molecule has 0 radical (unpaired) electrons. The van der Waals surface area contributed by atoms with Crippen LogP contribution >= 0.6 is 0 Å². The van der Waals surface area contributed by atoms with Gasteiger partial charge in [-0.3, -0.25) is 4.90 Å². The molecule has 2 aliphatic rings. The Morgan fingerprint density at radius 1 is 0.345 bits per heavy atom. The third-order valence-electron chi connectivity index (χ3n) is 11.0. The Balaban J connectivity index is 0.988. The van der Waals surface area contributed by atoms with Gasteiger partial charge in [-0.05, 0) is 77.9 Å². The lowest BCUT2D eigenvalue weighted by atomic mass is 9.99. The Labute approximate surface area is 333 Å². The van der Waals surface area contributed by atoms with Crippen molar-refractivity contribution in [3.63, 3.8) is 0 Å². The monoisotopic (exact) mass is 745 g/mol. The van der Waals surface area contributed by atoms with Crippen LogP contribution in [0.4, 0.5) is 17.1 Å². The van der Waals surface area contributed by atoms with Gasteiger partial charge in [0.2, 0.25) is 0 Å². The number of hydrogen-bond donors (Lipinski definition) is 0. The van der Waals surface area contributed by atoms with Gasteiger partial charge in [0.25, 0.3) is 0 Å². The Morgan fingerprint density at radius 2 is 0.879 bits per heavy atom. The van der Waals surface area contributed by atoms with Crippen LogP contribution in [0.1, 0.15) is 0 Å². The summed E-state index contributed by atoms with van der Waals surface area (Å²) in [5.74, 6) is 5.00. The van der Waals surface area contributed by atoms with Crippen molar-refractivity contribution >= 4 is 38.9 Å². The van der Waals surface area contributed by atoms with Crippen LogP contribution in [0.5, 0.6) is 23.0 Å². The minimum atomic E-state index is 0.613. The van der Waals surface area contributed by atoms with Gasteiger partial charge in [-0.15, -0.1) is 0 Å². The zero-order chi connectivity index (χ0) is 38.2. The van der Waals surface area contributed by atoms with Crippen molar-refractivity contribution in [2.24, 2.45) is 0 Å². The lowest BCUT2D eigenvalue weighted by molar-refractivity contribution is 0.446. The quantitative estimate of drug-likeness (QED) is 0.175. The molecule has 0 aliphatic carbocycles. The summed E-state index contributed by atoms with van der Waals surface area (Å²) in [5.41, 5.74) is 10.9. The molecule has 0 spiro atoms. The van der Waals surface area contributed by atoms with E-state index in [-0.39, 0.29) is 0 Å². The van der Waals surface area contributed by atoms with E-state index >= 15 is 0 Å². The molecule has 4 heterocycles. The standard InChI is InChI=1S/C51H31N5O2/c1-3-14-32(15-4-1)49-52-50(33-16-5-2-6-17-33)54-51(53-49)35-18-13-19-37(28-35)55-40-21-8-7-20-38(40)39-29-34(26-27-41(39)55)36-30-46-48-47(31-36)58-45-25-12-10-23-43(45)56(48)42-22-9-11-24-44(42)57-46/h1-31H. The van der Waals surface area contributed by atoms with E-state index in [9.17, 15) is 0 Å². The molecular formula is C51H31N5O2. The van der Waals surface area contributed by atoms with Crippen LogP contribution in [0.15, 0.2) is 188 Å². The predicted octanol–water partition coefficient (Wildman–Crippen LogP) is 13.3. The average Bonchev–Trinajstić information content (AvgIpc) is 3.63. The number of hydrogen-bond acceptors (Lipinski definition) is 6. The number of fused-ring (bicyclic) bond motifs is 7. The van der Waals surface area contributed by atoms with Crippen LogP contribution in [0.25, 0.3) is 72.8 Å². The van der Waals surface area contributed by atoms with Gasteiger partial charge in [-0.2, -0.15) is 0 Å². The van der Waals surface area contributed by atoms with Crippen molar-refractivity contribution in [1.29, 1.82) is 0 Å². The van der Waals surface area contributed by atoms with E-state index in [0.717, 1.165) is 95.4 Å². The van der Waals surface area contributed by atoms with E-state index in [4.69, 9.17) is 24.4 Å². The molecule has 58 heavy (non-hydrogen) atoms. The first kappa shape index (κ1) is 32.2. The van der Waals surface area contributed by atoms with E-state index < -0.39 is 0 Å². The molecule has 272 valence electrons. The van der Waals surface area contributed by atoms with Crippen LogP contribution < -0.4 is 14.4 Å². The molecule has 2 aliphatic heterocycles. The molecule has 0 N–H and O–H groups in total. The molecule has 12 rings (SSSR count). The van der Waals surface area contributed by atoms with Crippen LogP contribution in [-0.2, 0) is 0 Å². The topological polar surface area (TPSA) is 65.3 Å². The second-order valence-corrected chi connectivity index (χ2v) is 14.5. The SMILES string of the molecule is c1ccc(-c2nc(-c3ccccc3)nc(-c3cccc(-n4c5ccccc5c5cc(-c6cc7c8c(c6)Oc6ccccc6N8c6ccccc6O7)ccc54)c3)n2)cc1. The van der Waals surface area contributed by atoms with Crippen LogP contribution in [-0.4, -0.2) is 19.5 Å². The first-order valence-electron chi connectivity index (χ1n) is 19.3. The normalized spacial score (nSPS) is 12.4. The minimum absolute atomic E-state index is 0.613. The number of aromatic nitrogens is 4. The van der Waals surface area contributed by atoms with Gasteiger partial charge in [0.05, 0.1) is 22.4 Å². The summed E-state index contributed by atoms with van der Waals surface area (Å²) in [7, 11) is 0. The van der Waals surface area contributed by atoms with E-state index in [1.807, 2.05) is 97.1 Å². The highest BCUT2D eigenvalue weighted by Gasteiger charge is 2.35. The highest BCUT2D eigenvalue weighted by Crippen LogP contribution is 2.60. The van der Waals surface area contributed by atoms with E-state index in [1.54, 1.807) is 0 Å². The molecule has 0 unspecified atom stereocenters. The molecule has 8 aromatic carbocycles. The van der Waals surface area contributed by atoms with E-state index in [2.05, 4.69) is 100 Å². The number of rotatable bonds is 5. The fourth-order valence-corrected chi connectivity index (χ4v) is 8.34. The van der Waals surface area contributed by atoms with Crippen LogP contribution in [0, 0.1) is 0 Å². The molecule has 7 heteroatoms. The lowest BCUT2D eigenvalue weighted by Crippen LogP contribution is -2.20. The first-order valence-corrected chi connectivity index (χ1v) is 19.3. The Morgan fingerprint density at radius 3 is 1.53 bits per heavy atom. The average molecular weight is 746 g/mol. The van der Waals surface area contributed by atoms with Crippen molar-refractivity contribution in [2.75, 3.05) is 4.90 Å². The summed E-state index contributed by atoms with van der Waals surface area (Å²) in [4.78, 5) is 17.2. The first-order chi connectivity index (χ1) is 28.7. The molecule has 0 bridgehead atoms. The van der Waals surface area contributed by atoms with Gasteiger partial charge in [-0.25, -0.2) is 15.0 Å². The number of ether oxygens (including phenoxy) is 2. The highest BCUT2D eigenvalue weighted by molar-refractivity contribution is 6.10. The summed E-state index contributed by atoms with van der Waals surface area (Å²) in [6.45, 7) is 0. The fraction of sp³-hybridized carbons (Fsp3) is 0. The third-order valence-corrected chi connectivity index (χ3v) is 11.0. The van der Waals surface area contributed by atoms with E-state index in [0.29, 0.717) is 17.5 Å². The maximum absolute atomic E-state index is 6.59. The summed E-state index contributed by atoms with van der Waals surface area (Å²) in [5, 5.41) is 2.30. The fourth-order valence-electron chi connectivity index (χ4n) is 8.34. The van der Waals surface area contributed by atoms with Gasteiger partial charge >= 0.3 is 0 Å². The van der Waals surface area contributed by atoms with Crippen molar-refractivity contribution in [1.82, 2.24) is 19.5 Å². The number of anilines is 3. The Bertz CT molecular complexity index is 3120. The largest absolute Gasteiger partial charge is 0.453 e. The Kier molecular flexibility index (Phi) is 7.09. The predicted molar refractivity (Wildman–Crippen MR) is 231 cm³/mol. The zero-order valence-corrected chi connectivity index (χ0v) is 31.0. The second kappa shape index (κ2) is 12.8. The minimum Gasteiger partial charge on any atom is -0.453 e. The molecule has 7 nitrogen and oxygen atoms in total. The van der Waals surface area contributed by atoms with Crippen molar-refractivity contribution in [3.8, 4) is 74.0 Å². The summed E-state index contributed by atoms with van der Waals surface area (Å²) >= 11 is 0. The van der Waals surface area contributed by atoms with Gasteiger partial charge in [0.1, 0.15) is 5.69 Å². The maximum atomic E-state index is 6.59. The molecule has 0 fully saturated rings. The highest BCUT2D eigenvalue weighted by atomic mass is 16.5. The molecule has 2 aromatic heterocycles. The summed E-state index contributed by atoms with van der Waals surface area (Å²) in [6, 6.07) is 64.4. The van der Waals surface area contributed by atoms with Crippen molar-refractivity contribution in [3.05, 3.63) is 188 Å². The lowest BCUT2D eigenvalue weighted by Gasteiger charge is -2.38. The van der Waals surface area contributed by atoms with Crippen molar-refractivity contribution < 1.29 is 9.47 Å². The Hall–Kier alpha value is -8.03. The zero-order valence-electron chi connectivity index (χ0n) is 31.0. The molecule has 0 saturated heterocycles. The third kappa shape index (κ3) is 5.11. The van der Waals surface area contributed by atoms with Crippen LogP contribution in [0.3, 0.4) is 0 Å². The molecule has 10 aromatic rings. The van der Waals surface area contributed by atoms with Crippen molar-refractivity contribution in [2.45, 2.75) is 0 Å². The number of nitrogens with zero attached hydrogens (tertiary/aromatic N) is 5. The van der Waals surface area contributed by atoms with Gasteiger partial charge in [0, 0.05) is 33.2 Å². The van der Waals surface area contributed by atoms with E-state index in [1.165, 1.54) is 0 Å². The summed E-state index contributed by atoms with van der Waals surface area (Å²) < 4.78 is 15.5.